The predicted molar refractivity (Wildman–Crippen MR) is 85.1 cm³/mol. The topological polar surface area (TPSA) is 59.3 Å². The standard InChI is InChI=1S/C17H14N4O/c22-17(14-6-4-10-18-12-14)20-19-13-16-9-5-11-21(16)15-7-2-1-3-8-15/h1-13H,(H,20,22)/b19-13-. The van der Waals surface area contributed by atoms with Crippen LogP contribution in [0.15, 0.2) is 78.3 Å². The average Bonchev–Trinajstić information content (AvgIpc) is 3.05. The van der Waals surface area contributed by atoms with Crippen LogP contribution >= 0.6 is 0 Å². The van der Waals surface area contributed by atoms with Gasteiger partial charge in [-0.15, -0.1) is 0 Å². The van der Waals surface area contributed by atoms with Gasteiger partial charge >= 0.3 is 0 Å². The smallest absolute Gasteiger partial charge is 0.272 e. The molecule has 0 atom stereocenters. The van der Waals surface area contributed by atoms with Gasteiger partial charge in [-0.05, 0) is 36.4 Å². The molecule has 0 saturated heterocycles. The first kappa shape index (κ1) is 13.8. The molecule has 3 rings (SSSR count). The first-order chi connectivity index (χ1) is 10.8. The number of pyridine rings is 1. The Morgan fingerprint density at radius 2 is 1.95 bits per heavy atom. The summed E-state index contributed by atoms with van der Waals surface area (Å²) in [4.78, 5) is 15.8. The molecular formula is C17H14N4O. The van der Waals surface area contributed by atoms with Crippen molar-refractivity contribution in [2.24, 2.45) is 5.10 Å². The van der Waals surface area contributed by atoms with Crippen LogP contribution < -0.4 is 5.43 Å². The van der Waals surface area contributed by atoms with Gasteiger partial charge in [-0.2, -0.15) is 5.10 Å². The lowest BCUT2D eigenvalue weighted by molar-refractivity contribution is 0.0955. The predicted octanol–water partition coefficient (Wildman–Crippen LogP) is 2.64. The van der Waals surface area contributed by atoms with E-state index < -0.39 is 0 Å². The number of nitrogens with zero attached hydrogens (tertiary/aromatic N) is 3. The summed E-state index contributed by atoms with van der Waals surface area (Å²) in [7, 11) is 0. The first-order valence-electron chi connectivity index (χ1n) is 6.81. The van der Waals surface area contributed by atoms with Crippen LogP contribution in [0.4, 0.5) is 0 Å². The number of nitrogens with one attached hydrogen (secondary N) is 1. The van der Waals surface area contributed by atoms with Gasteiger partial charge < -0.3 is 4.57 Å². The molecule has 1 aromatic carbocycles. The fourth-order valence-corrected chi connectivity index (χ4v) is 2.04. The Morgan fingerprint density at radius 3 is 2.73 bits per heavy atom. The van der Waals surface area contributed by atoms with Crippen molar-refractivity contribution in [2.75, 3.05) is 0 Å². The van der Waals surface area contributed by atoms with Crippen LogP contribution in [-0.2, 0) is 0 Å². The Labute approximate surface area is 127 Å². The van der Waals surface area contributed by atoms with Crippen molar-refractivity contribution in [2.45, 2.75) is 0 Å². The molecule has 0 fully saturated rings. The molecule has 0 aliphatic carbocycles. The summed E-state index contributed by atoms with van der Waals surface area (Å²) in [5.74, 6) is -0.290. The minimum atomic E-state index is -0.290. The van der Waals surface area contributed by atoms with Crippen LogP contribution in [0, 0.1) is 0 Å². The quantitative estimate of drug-likeness (QED) is 0.593. The summed E-state index contributed by atoms with van der Waals surface area (Å²) in [6, 6.07) is 17.2. The molecular weight excluding hydrogens is 276 g/mol. The molecule has 0 unspecified atom stereocenters. The van der Waals surface area contributed by atoms with Crippen LogP contribution in [0.25, 0.3) is 5.69 Å². The van der Waals surface area contributed by atoms with Crippen LogP contribution in [0.1, 0.15) is 16.1 Å². The molecule has 3 aromatic rings. The van der Waals surface area contributed by atoms with Gasteiger partial charge in [0.2, 0.25) is 0 Å². The molecule has 0 aliphatic heterocycles. The van der Waals surface area contributed by atoms with Gasteiger partial charge in [0.05, 0.1) is 17.5 Å². The summed E-state index contributed by atoms with van der Waals surface area (Å²) in [6.45, 7) is 0. The molecule has 0 aliphatic rings. The van der Waals surface area contributed by atoms with Crippen molar-refractivity contribution in [3.05, 3.63) is 84.4 Å². The maximum Gasteiger partial charge on any atom is 0.272 e. The van der Waals surface area contributed by atoms with Crippen LogP contribution in [0.5, 0.6) is 0 Å². The van der Waals surface area contributed by atoms with E-state index in [0.717, 1.165) is 11.4 Å². The number of amides is 1. The zero-order valence-electron chi connectivity index (χ0n) is 11.8. The van der Waals surface area contributed by atoms with Crippen LogP contribution in [-0.4, -0.2) is 21.7 Å². The zero-order chi connectivity index (χ0) is 15.2. The number of aromatic nitrogens is 2. The summed E-state index contributed by atoms with van der Waals surface area (Å²) in [5.41, 5.74) is 4.87. The van der Waals surface area contributed by atoms with Gasteiger partial charge in [0.25, 0.3) is 5.91 Å². The SMILES string of the molecule is O=C(N/N=C\c1cccn1-c1ccccc1)c1cccnc1. The van der Waals surface area contributed by atoms with Gasteiger partial charge in [0.1, 0.15) is 0 Å². The van der Waals surface area contributed by atoms with E-state index in [0.29, 0.717) is 5.56 Å². The highest BCUT2D eigenvalue weighted by molar-refractivity contribution is 5.94. The summed E-state index contributed by atoms with van der Waals surface area (Å²) >= 11 is 0. The second kappa shape index (κ2) is 6.49. The van der Waals surface area contributed by atoms with E-state index >= 15 is 0 Å². The minimum Gasteiger partial charge on any atom is -0.316 e. The lowest BCUT2D eigenvalue weighted by atomic mass is 10.3. The van der Waals surface area contributed by atoms with Crippen molar-refractivity contribution in [1.82, 2.24) is 15.0 Å². The second-order valence-electron chi connectivity index (χ2n) is 4.58. The Morgan fingerprint density at radius 1 is 1.09 bits per heavy atom. The third kappa shape index (κ3) is 3.09. The van der Waals surface area contributed by atoms with Crippen LogP contribution in [0.2, 0.25) is 0 Å². The molecule has 1 N–H and O–H groups in total. The van der Waals surface area contributed by atoms with Crippen molar-refractivity contribution >= 4 is 12.1 Å². The Balaban J connectivity index is 1.72. The summed E-state index contributed by atoms with van der Waals surface area (Å²) in [5, 5.41) is 4.00. The monoisotopic (exact) mass is 290 g/mol. The molecule has 2 aromatic heterocycles. The number of hydrogen-bond donors (Lipinski definition) is 1. The molecule has 0 bridgehead atoms. The average molecular weight is 290 g/mol. The highest BCUT2D eigenvalue weighted by Crippen LogP contribution is 2.10. The minimum absolute atomic E-state index is 0.290. The van der Waals surface area contributed by atoms with Gasteiger partial charge in [-0.3, -0.25) is 9.78 Å². The molecule has 22 heavy (non-hydrogen) atoms. The fraction of sp³-hybridized carbons (Fsp3) is 0. The Kier molecular flexibility index (Phi) is 4.06. The number of rotatable bonds is 4. The van der Waals surface area contributed by atoms with E-state index in [1.54, 1.807) is 24.5 Å². The molecule has 1 amide bonds. The van der Waals surface area contributed by atoms with E-state index in [2.05, 4.69) is 15.5 Å². The molecule has 5 nitrogen and oxygen atoms in total. The van der Waals surface area contributed by atoms with Gasteiger partial charge in [0.15, 0.2) is 0 Å². The zero-order valence-corrected chi connectivity index (χ0v) is 11.8. The van der Waals surface area contributed by atoms with Gasteiger partial charge in [-0.25, -0.2) is 5.43 Å². The van der Waals surface area contributed by atoms with E-state index in [9.17, 15) is 4.79 Å². The number of para-hydroxylation sites is 1. The normalized spacial score (nSPS) is 10.7. The number of benzene rings is 1. The first-order valence-corrected chi connectivity index (χ1v) is 6.81. The molecule has 5 heteroatoms. The van der Waals surface area contributed by atoms with E-state index in [1.165, 1.54) is 6.20 Å². The number of hydrazone groups is 1. The molecule has 2 heterocycles. The van der Waals surface area contributed by atoms with Crippen molar-refractivity contribution in [3.8, 4) is 5.69 Å². The number of carbonyl (C=O) groups excluding carboxylic acids is 1. The molecule has 0 saturated carbocycles. The maximum atomic E-state index is 11.9. The lowest BCUT2D eigenvalue weighted by Crippen LogP contribution is -2.17. The second-order valence-corrected chi connectivity index (χ2v) is 4.58. The molecule has 0 radical (unpaired) electrons. The van der Waals surface area contributed by atoms with Crippen molar-refractivity contribution in [1.29, 1.82) is 0 Å². The van der Waals surface area contributed by atoms with Crippen molar-refractivity contribution < 1.29 is 4.79 Å². The largest absolute Gasteiger partial charge is 0.316 e. The molecule has 0 spiro atoms. The maximum absolute atomic E-state index is 11.9. The molecule has 108 valence electrons. The van der Waals surface area contributed by atoms with Crippen molar-refractivity contribution in [3.63, 3.8) is 0 Å². The Bertz CT molecular complexity index is 779. The van der Waals surface area contributed by atoms with E-state index in [4.69, 9.17) is 0 Å². The highest BCUT2D eigenvalue weighted by atomic mass is 16.2. The van der Waals surface area contributed by atoms with Gasteiger partial charge in [-0.1, -0.05) is 18.2 Å². The summed E-state index contributed by atoms with van der Waals surface area (Å²) < 4.78 is 1.99. The third-order valence-corrected chi connectivity index (χ3v) is 3.10. The summed E-state index contributed by atoms with van der Waals surface area (Å²) in [6.07, 6.45) is 6.67. The third-order valence-electron chi connectivity index (χ3n) is 3.10. The van der Waals surface area contributed by atoms with Gasteiger partial charge in [0, 0.05) is 24.3 Å². The lowest BCUT2D eigenvalue weighted by Gasteiger charge is -2.05. The van der Waals surface area contributed by atoms with Crippen LogP contribution in [0.3, 0.4) is 0 Å². The Hall–Kier alpha value is -3.21. The number of carbonyl (C=O) groups is 1. The van der Waals surface area contributed by atoms with E-state index in [-0.39, 0.29) is 5.91 Å². The fourth-order valence-electron chi connectivity index (χ4n) is 2.04. The van der Waals surface area contributed by atoms with E-state index in [1.807, 2.05) is 53.2 Å². The number of hydrogen-bond acceptors (Lipinski definition) is 3. The highest BCUT2D eigenvalue weighted by Gasteiger charge is 2.03.